The molecule has 0 spiro atoms. The molecule has 0 aliphatic heterocycles. The standard InChI is InChI=1S/C14H25N3O/c1-4-10(3)12(15)14-16-13(17-18-14)11-7-5-6-9(2)8-11/h9-12H,4-8,15H2,1-3H3. The van der Waals surface area contributed by atoms with Gasteiger partial charge in [0.1, 0.15) is 0 Å². The molecule has 1 heterocycles. The Kier molecular flexibility index (Phi) is 4.38. The molecule has 0 bridgehead atoms. The van der Waals surface area contributed by atoms with E-state index in [-0.39, 0.29) is 6.04 Å². The van der Waals surface area contributed by atoms with Gasteiger partial charge in [-0.1, -0.05) is 45.2 Å². The van der Waals surface area contributed by atoms with Crippen LogP contribution < -0.4 is 5.73 Å². The zero-order valence-electron chi connectivity index (χ0n) is 11.7. The van der Waals surface area contributed by atoms with Gasteiger partial charge in [-0.25, -0.2) is 0 Å². The van der Waals surface area contributed by atoms with Gasteiger partial charge < -0.3 is 10.3 Å². The predicted molar refractivity (Wildman–Crippen MR) is 71.1 cm³/mol. The molecule has 4 nitrogen and oxygen atoms in total. The van der Waals surface area contributed by atoms with Crippen molar-refractivity contribution in [3.8, 4) is 0 Å². The number of nitrogens with zero attached hydrogens (tertiary/aromatic N) is 2. The van der Waals surface area contributed by atoms with Gasteiger partial charge in [-0.3, -0.25) is 0 Å². The van der Waals surface area contributed by atoms with Gasteiger partial charge in [0.2, 0.25) is 5.89 Å². The van der Waals surface area contributed by atoms with Gasteiger partial charge in [-0.2, -0.15) is 4.98 Å². The summed E-state index contributed by atoms with van der Waals surface area (Å²) in [6, 6.07) is -0.128. The van der Waals surface area contributed by atoms with Crippen molar-refractivity contribution in [1.82, 2.24) is 10.1 Å². The average molecular weight is 251 g/mol. The highest BCUT2D eigenvalue weighted by molar-refractivity contribution is 5.00. The minimum Gasteiger partial charge on any atom is -0.338 e. The lowest BCUT2D eigenvalue weighted by molar-refractivity contribution is 0.300. The fraction of sp³-hybridized carbons (Fsp3) is 0.857. The summed E-state index contributed by atoms with van der Waals surface area (Å²) >= 11 is 0. The molecule has 0 aromatic carbocycles. The lowest BCUT2D eigenvalue weighted by Gasteiger charge is -2.23. The highest BCUT2D eigenvalue weighted by Crippen LogP contribution is 2.35. The van der Waals surface area contributed by atoms with E-state index in [1.165, 1.54) is 25.7 Å². The van der Waals surface area contributed by atoms with E-state index in [1.807, 2.05) is 0 Å². The van der Waals surface area contributed by atoms with E-state index >= 15 is 0 Å². The van der Waals surface area contributed by atoms with Crippen LogP contribution in [0.3, 0.4) is 0 Å². The first-order valence-electron chi connectivity index (χ1n) is 7.20. The smallest absolute Gasteiger partial charge is 0.243 e. The van der Waals surface area contributed by atoms with E-state index in [9.17, 15) is 0 Å². The molecule has 0 saturated heterocycles. The number of hydrogen-bond donors (Lipinski definition) is 1. The summed E-state index contributed by atoms with van der Waals surface area (Å²) in [4.78, 5) is 4.53. The molecule has 4 heteroatoms. The van der Waals surface area contributed by atoms with E-state index in [1.54, 1.807) is 0 Å². The third kappa shape index (κ3) is 2.91. The van der Waals surface area contributed by atoms with Crippen LogP contribution in [0.4, 0.5) is 0 Å². The fourth-order valence-corrected chi connectivity index (χ4v) is 2.71. The molecule has 0 amide bonds. The molecule has 4 unspecified atom stereocenters. The average Bonchev–Trinajstić information content (AvgIpc) is 2.86. The lowest BCUT2D eigenvalue weighted by atomic mass is 9.82. The van der Waals surface area contributed by atoms with Gasteiger partial charge >= 0.3 is 0 Å². The van der Waals surface area contributed by atoms with Crippen molar-refractivity contribution in [2.75, 3.05) is 0 Å². The summed E-state index contributed by atoms with van der Waals surface area (Å²) in [5.74, 6) is 3.10. The second-order valence-electron chi connectivity index (χ2n) is 5.87. The van der Waals surface area contributed by atoms with Crippen LogP contribution in [0.5, 0.6) is 0 Å². The monoisotopic (exact) mass is 251 g/mol. The fourth-order valence-electron chi connectivity index (χ4n) is 2.71. The first-order valence-corrected chi connectivity index (χ1v) is 7.20. The minimum atomic E-state index is -0.128. The quantitative estimate of drug-likeness (QED) is 0.890. The third-order valence-corrected chi connectivity index (χ3v) is 4.30. The van der Waals surface area contributed by atoms with Gasteiger partial charge in [0.05, 0.1) is 6.04 Å². The lowest BCUT2D eigenvalue weighted by Crippen LogP contribution is -2.19. The summed E-state index contributed by atoms with van der Waals surface area (Å²) < 4.78 is 5.35. The molecule has 1 saturated carbocycles. The Bertz CT molecular complexity index is 377. The summed E-state index contributed by atoms with van der Waals surface area (Å²) in [5.41, 5.74) is 6.12. The van der Waals surface area contributed by atoms with Crippen molar-refractivity contribution in [2.24, 2.45) is 17.6 Å². The van der Waals surface area contributed by atoms with Crippen LogP contribution in [0.2, 0.25) is 0 Å². The topological polar surface area (TPSA) is 64.9 Å². The van der Waals surface area contributed by atoms with Crippen molar-refractivity contribution < 1.29 is 4.52 Å². The van der Waals surface area contributed by atoms with E-state index in [4.69, 9.17) is 10.3 Å². The van der Waals surface area contributed by atoms with Crippen LogP contribution in [0, 0.1) is 11.8 Å². The largest absolute Gasteiger partial charge is 0.338 e. The molecule has 1 fully saturated rings. The Labute approximate surface area is 109 Å². The molecule has 4 atom stereocenters. The molecule has 1 aliphatic rings. The number of rotatable bonds is 4. The van der Waals surface area contributed by atoms with Crippen molar-refractivity contribution in [1.29, 1.82) is 0 Å². The molecule has 1 aliphatic carbocycles. The molecule has 102 valence electrons. The van der Waals surface area contributed by atoms with Crippen molar-refractivity contribution in [2.45, 2.75) is 64.8 Å². The van der Waals surface area contributed by atoms with Crippen LogP contribution in [-0.2, 0) is 0 Å². The van der Waals surface area contributed by atoms with E-state index in [2.05, 4.69) is 30.9 Å². The van der Waals surface area contributed by atoms with Crippen LogP contribution >= 0.6 is 0 Å². The maximum absolute atomic E-state index is 6.12. The van der Waals surface area contributed by atoms with Gasteiger partial charge in [0, 0.05) is 5.92 Å². The summed E-state index contributed by atoms with van der Waals surface area (Å²) in [7, 11) is 0. The summed E-state index contributed by atoms with van der Waals surface area (Å²) in [6.45, 7) is 6.56. The molecule has 1 aromatic rings. The predicted octanol–water partition coefficient (Wildman–Crippen LogP) is 3.41. The molecule has 0 radical (unpaired) electrons. The van der Waals surface area contributed by atoms with E-state index < -0.39 is 0 Å². The van der Waals surface area contributed by atoms with E-state index in [0.29, 0.717) is 17.7 Å². The molecular formula is C14H25N3O. The first-order chi connectivity index (χ1) is 8.61. The first kappa shape index (κ1) is 13.5. The van der Waals surface area contributed by atoms with Gasteiger partial charge in [0.25, 0.3) is 0 Å². The van der Waals surface area contributed by atoms with Crippen molar-refractivity contribution in [3.63, 3.8) is 0 Å². The van der Waals surface area contributed by atoms with Crippen LogP contribution in [-0.4, -0.2) is 10.1 Å². The zero-order chi connectivity index (χ0) is 13.1. The van der Waals surface area contributed by atoms with Crippen LogP contribution in [0.25, 0.3) is 0 Å². The Morgan fingerprint density at radius 3 is 2.89 bits per heavy atom. The molecular weight excluding hydrogens is 226 g/mol. The number of aromatic nitrogens is 2. The highest BCUT2D eigenvalue weighted by atomic mass is 16.5. The maximum Gasteiger partial charge on any atom is 0.243 e. The number of nitrogens with two attached hydrogens (primary N) is 1. The highest BCUT2D eigenvalue weighted by Gasteiger charge is 2.26. The van der Waals surface area contributed by atoms with E-state index in [0.717, 1.165) is 18.2 Å². The summed E-state index contributed by atoms with van der Waals surface area (Å²) in [6.07, 6.45) is 5.99. The third-order valence-electron chi connectivity index (χ3n) is 4.30. The maximum atomic E-state index is 6.12. The van der Waals surface area contributed by atoms with Crippen LogP contribution in [0.15, 0.2) is 4.52 Å². The normalized spacial score (nSPS) is 28.0. The molecule has 1 aromatic heterocycles. The zero-order valence-corrected chi connectivity index (χ0v) is 11.7. The Hall–Kier alpha value is -0.900. The Morgan fingerprint density at radius 2 is 2.22 bits per heavy atom. The minimum absolute atomic E-state index is 0.128. The Morgan fingerprint density at radius 1 is 1.44 bits per heavy atom. The SMILES string of the molecule is CCC(C)C(N)c1nc(C2CCCC(C)C2)no1. The van der Waals surface area contributed by atoms with Gasteiger partial charge in [-0.05, 0) is 24.7 Å². The second-order valence-corrected chi connectivity index (χ2v) is 5.87. The second kappa shape index (κ2) is 5.83. The number of hydrogen-bond acceptors (Lipinski definition) is 4. The van der Waals surface area contributed by atoms with Crippen LogP contribution in [0.1, 0.15) is 76.6 Å². The van der Waals surface area contributed by atoms with Gasteiger partial charge in [-0.15, -0.1) is 0 Å². The van der Waals surface area contributed by atoms with Crippen molar-refractivity contribution in [3.05, 3.63) is 11.7 Å². The molecule has 2 N–H and O–H groups in total. The van der Waals surface area contributed by atoms with Gasteiger partial charge in [0.15, 0.2) is 5.82 Å². The van der Waals surface area contributed by atoms with Crippen molar-refractivity contribution >= 4 is 0 Å². The summed E-state index contributed by atoms with van der Waals surface area (Å²) in [5, 5.41) is 4.15. The molecule has 18 heavy (non-hydrogen) atoms. The molecule has 2 rings (SSSR count). The Balaban J connectivity index is 2.05.